The highest BCUT2D eigenvalue weighted by Gasteiger charge is 2.20. The Morgan fingerprint density at radius 1 is 0.897 bits per heavy atom. The molecule has 7 heteroatoms. The van der Waals surface area contributed by atoms with E-state index in [4.69, 9.17) is 14.2 Å². The Morgan fingerprint density at radius 2 is 1.66 bits per heavy atom. The van der Waals surface area contributed by atoms with Crippen LogP contribution in [0.3, 0.4) is 0 Å². The van der Waals surface area contributed by atoms with Gasteiger partial charge in [-0.15, -0.1) is 0 Å². The molecule has 154 valence electrons. The van der Waals surface area contributed by atoms with Gasteiger partial charge < -0.3 is 19.1 Å². The maximum atomic E-state index is 5.76. The molecule has 0 amide bonds. The maximum absolute atomic E-state index is 5.76. The van der Waals surface area contributed by atoms with E-state index < -0.39 is 0 Å². The molecule has 1 aromatic heterocycles. The summed E-state index contributed by atoms with van der Waals surface area (Å²) in [6, 6.07) is 16.1. The Hall–Kier alpha value is -2.35. The standard InChI is InChI=1S/C22H27N3O3S/c1-26-19-7-3-4-8-20(19)28-17-16-27-15-14-24-10-12-25(13-11-24)22-18-6-2-5-9-21(18)29-23-22/h2-9H,10-17H2,1H3. The quantitative estimate of drug-likeness (QED) is 0.500. The highest BCUT2D eigenvalue weighted by atomic mass is 32.1. The van der Waals surface area contributed by atoms with Crippen molar-refractivity contribution in [2.45, 2.75) is 0 Å². The minimum absolute atomic E-state index is 0.519. The Balaban J connectivity index is 1.14. The van der Waals surface area contributed by atoms with Crippen molar-refractivity contribution in [1.29, 1.82) is 0 Å². The molecule has 0 radical (unpaired) electrons. The molecule has 1 saturated heterocycles. The van der Waals surface area contributed by atoms with Crippen LogP contribution in [0.1, 0.15) is 0 Å². The number of methoxy groups -OCH3 is 1. The zero-order valence-electron chi connectivity index (χ0n) is 16.8. The molecule has 29 heavy (non-hydrogen) atoms. The first-order valence-corrected chi connectivity index (χ1v) is 10.8. The minimum Gasteiger partial charge on any atom is -0.493 e. The topological polar surface area (TPSA) is 47.1 Å². The number of aromatic nitrogens is 1. The van der Waals surface area contributed by atoms with E-state index in [0.717, 1.165) is 56.6 Å². The van der Waals surface area contributed by atoms with Gasteiger partial charge >= 0.3 is 0 Å². The van der Waals surface area contributed by atoms with Gasteiger partial charge in [0.25, 0.3) is 0 Å². The van der Waals surface area contributed by atoms with Gasteiger partial charge in [-0.25, -0.2) is 0 Å². The van der Waals surface area contributed by atoms with E-state index in [1.807, 2.05) is 24.3 Å². The Bertz CT molecular complexity index is 909. The monoisotopic (exact) mass is 413 g/mol. The van der Waals surface area contributed by atoms with Gasteiger partial charge in [-0.1, -0.05) is 24.3 Å². The van der Waals surface area contributed by atoms with E-state index in [2.05, 4.69) is 38.4 Å². The number of anilines is 1. The molecule has 1 fully saturated rings. The first-order valence-electron chi connectivity index (χ1n) is 10.0. The van der Waals surface area contributed by atoms with Gasteiger partial charge in [-0.2, -0.15) is 4.37 Å². The number of nitrogens with zero attached hydrogens (tertiary/aromatic N) is 3. The van der Waals surface area contributed by atoms with E-state index in [1.165, 1.54) is 10.1 Å². The van der Waals surface area contributed by atoms with Crippen LogP contribution in [0.2, 0.25) is 0 Å². The van der Waals surface area contributed by atoms with Crippen LogP contribution in [-0.2, 0) is 4.74 Å². The summed E-state index contributed by atoms with van der Waals surface area (Å²) in [5.74, 6) is 2.64. The van der Waals surface area contributed by atoms with Crippen molar-refractivity contribution in [2.24, 2.45) is 0 Å². The molecule has 1 aliphatic rings. The third-order valence-corrected chi connectivity index (χ3v) is 5.95. The molecule has 2 heterocycles. The second-order valence-corrected chi connectivity index (χ2v) is 7.75. The molecule has 4 rings (SSSR count). The summed E-state index contributed by atoms with van der Waals surface area (Å²) in [5.41, 5.74) is 0. The highest BCUT2D eigenvalue weighted by molar-refractivity contribution is 7.13. The van der Waals surface area contributed by atoms with E-state index >= 15 is 0 Å². The molecule has 0 saturated carbocycles. The number of piperazine rings is 1. The molecule has 0 spiro atoms. The summed E-state index contributed by atoms with van der Waals surface area (Å²) in [4.78, 5) is 4.85. The normalized spacial score (nSPS) is 15.0. The number of para-hydroxylation sites is 2. The lowest BCUT2D eigenvalue weighted by atomic mass is 10.2. The Labute approximate surface area is 175 Å². The fraction of sp³-hybridized carbons (Fsp3) is 0.409. The summed E-state index contributed by atoms with van der Waals surface area (Å²) < 4.78 is 22.7. The second kappa shape index (κ2) is 9.91. The number of hydrogen-bond donors (Lipinski definition) is 0. The molecule has 6 nitrogen and oxygen atoms in total. The summed E-state index contributed by atoms with van der Waals surface area (Å²) >= 11 is 1.59. The Morgan fingerprint density at radius 3 is 2.48 bits per heavy atom. The van der Waals surface area contributed by atoms with Crippen LogP contribution in [0, 0.1) is 0 Å². The predicted molar refractivity (Wildman–Crippen MR) is 118 cm³/mol. The van der Waals surface area contributed by atoms with Gasteiger partial charge in [0.2, 0.25) is 0 Å². The maximum Gasteiger partial charge on any atom is 0.161 e. The van der Waals surface area contributed by atoms with Crippen molar-refractivity contribution in [3.05, 3.63) is 48.5 Å². The third-order valence-electron chi connectivity index (χ3n) is 5.14. The highest BCUT2D eigenvalue weighted by Crippen LogP contribution is 2.29. The van der Waals surface area contributed by atoms with Crippen LogP contribution < -0.4 is 14.4 Å². The van der Waals surface area contributed by atoms with Crippen LogP contribution in [0.5, 0.6) is 11.5 Å². The number of hydrogen-bond acceptors (Lipinski definition) is 7. The smallest absolute Gasteiger partial charge is 0.161 e. The summed E-state index contributed by atoms with van der Waals surface area (Å²) in [5, 5.41) is 1.27. The first kappa shape index (κ1) is 19.9. The number of fused-ring (bicyclic) bond motifs is 1. The van der Waals surface area contributed by atoms with Crippen LogP contribution in [-0.4, -0.2) is 68.9 Å². The lowest BCUT2D eigenvalue weighted by Crippen LogP contribution is -2.47. The van der Waals surface area contributed by atoms with E-state index in [9.17, 15) is 0 Å². The minimum atomic E-state index is 0.519. The average molecular weight is 414 g/mol. The lowest BCUT2D eigenvalue weighted by molar-refractivity contribution is 0.0776. The molecule has 0 N–H and O–H groups in total. The Kier molecular flexibility index (Phi) is 6.82. The molecule has 0 aliphatic carbocycles. The summed E-state index contributed by atoms with van der Waals surface area (Å²) in [7, 11) is 1.65. The molecule has 2 aromatic carbocycles. The van der Waals surface area contributed by atoms with Crippen molar-refractivity contribution in [1.82, 2.24) is 9.27 Å². The molecule has 0 atom stereocenters. The third kappa shape index (κ3) is 4.98. The number of benzene rings is 2. The van der Waals surface area contributed by atoms with Crippen LogP contribution in [0.25, 0.3) is 10.1 Å². The van der Waals surface area contributed by atoms with Gasteiger partial charge in [0.1, 0.15) is 12.4 Å². The lowest BCUT2D eigenvalue weighted by Gasteiger charge is -2.35. The van der Waals surface area contributed by atoms with Gasteiger partial charge in [0.05, 0.1) is 25.0 Å². The SMILES string of the molecule is COc1ccccc1OCCOCCN1CCN(c2nsc3ccccc23)CC1. The van der Waals surface area contributed by atoms with Gasteiger partial charge in [0, 0.05) is 38.1 Å². The number of ether oxygens (including phenoxy) is 3. The van der Waals surface area contributed by atoms with E-state index in [-0.39, 0.29) is 0 Å². The molecule has 0 bridgehead atoms. The molecule has 1 aliphatic heterocycles. The fourth-order valence-electron chi connectivity index (χ4n) is 3.53. The molecular formula is C22H27N3O3S. The predicted octanol–water partition coefficient (Wildman–Crippen LogP) is 3.52. The second-order valence-electron chi connectivity index (χ2n) is 6.94. The van der Waals surface area contributed by atoms with Crippen molar-refractivity contribution < 1.29 is 14.2 Å². The number of rotatable bonds is 9. The van der Waals surface area contributed by atoms with E-state index in [1.54, 1.807) is 18.6 Å². The fourth-order valence-corrected chi connectivity index (χ4v) is 4.32. The van der Waals surface area contributed by atoms with Crippen LogP contribution in [0.4, 0.5) is 5.82 Å². The van der Waals surface area contributed by atoms with Gasteiger partial charge in [-0.3, -0.25) is 4.90 Å². The van der Waals surface area contributed by atoms with Crippen molar-refractivity contribution >= 4 is 27.4 Å². The van der Waals surface area contributed by atoms with E-state index in [0.29, 0.717) is 13.2 Å². The van der Waals surface area contributed by atoms with Crippen LogP contribution >= 0.6 is 11.5 Å². The zero-order chi connectivity index (χ0) is 19.9. The average Bonchev–Trinajstić information content (AvgIpc) is 3.21. The summed E-state index contributed by atoms with van der Waals surface area (Å²) in [6.07, 6.45) is 0. The molecular weight excluding hydrogens is 386 g/mol. The molecule has 3 aromatic rings. The van der Waals surface area contributed by atoms with Crippen molar-refractivity contribution in [2.75, 3.05) is 64.6 Å². The van der Waals surface area contributed by atoms with Crippen molar-refractivity contribution in [3.8, 4) is 11.5 Å². The molecule has 0 unspecified atom stereocenters. The van der Waals surface area contributed by atoms with Gasteiger partial charge in [-0.05, 0) is 35.8 Å². The first-order chi connectivity index (χ1) is 14.3. The zero-order valence-corrected chi connectivity index (χ0v) is 17.6. The largest absolute Gasteiger partial charge is 0.493 e. The van der Waals surface area contributed by atoms with Crippen molar-refractivity contribution in [3.63, 3.8) is 0 Å². The summed E-state index contributed by atoms with van der Waals surface area (Å²) in [6.45, 7) is 6.83. The van der Waals surface area contributed by atoms with Gasteiger partial charge in [0.15, 0.2) is 11.5 Å². The van der Waals surface area contributed by atoms with Crippen LogP contribution in [0.15, 0.2) is 48.5 Å².